The second-order valence-electron chi connectivity index (χ2n) is 5.72. The van der Waals surface area contributed by atoms with Crippen molar-refractivity contribution in [2.45, 2.75) is 19.7 Å². The van der Waals surface area contributed by atoms with Crippen molar-refractivity contribution < 1.29 is 9.47 Å². The fourth-order valence-electron chi connectivity index (χ4n) is 2.51. The maximum Gasteiger partial charge on any atom is 0.175 e. The minimum Gasteiger partial charge on any atom is -0.493 e. The highest BCUT2D eigenvalue weighted by Gasteiger charge is 2.12. The number of ether oxygens (including phenoxy) is 2. The van der Waals surface area contributed by atoms with E-state index in [2.05, 4.69) is 31.2 Å². The third-order valence-electron chi connectivity index (χ3n) is 3.80. The lowest BCUT2D eigenvalue weighted by atomic mass is 10.2. The van der Waals surface area contributed by atoms with E-state index < -0.39 is 0 Å². The van der Waals surface area contributed by atoms with Gasteiger partial charge in [-0.2, -0.15) is 0 Å². The molecule has 0 spiro atoms. The van der Waals surface area contributed by atoms with Crippen LogP contribution in [0.2, 0.25) is 0 Å². The van der Waals surface area contributed by atoms with Crippen molar-refractivity contribution >= 4 is 28.3 Å². The number of benzene rings is 1. The molecule has 7 heteroatoms. The summed E-state index contributed by atoms with van der Waals surface area (Å²) in [4.78, 5) is 8.13. The molecular weight excluding hydrogens is 430 g/mol. The van der Waals surface area contributed by atoms with Crippen molar-refractivity contribution in [3.8, 4) is 11.5 Å². The molecule has 3 rings (SSSR count). The molecule has 5 nitrogen and oxygen atoms in total. The molecule has 2 aromatic heterocycles. The van der Waals surface area contributed by atoms with Gasteiger partial charge in [0.1, 0.15) is 6.61 Å². The Morgan fingerprint density at radius 1 is 0.963 bits per heavy atom. The number of methoxy groups -OCH3 is 1. The highest BCUT2D eigenvalue weighted by molar-refractivity contribution is 9.10. The number of nitrogens with one attached hydrogen (secondary N) is 1. The quantitative estimate of drug-likeness (QED) is 0.546. The Balaban J connectivity index is 0.00000261. The van der Waals surface area contributed by atoms with Crippen molar-refractivity contribution in [2.24, 2.45) is 0 Å². The summed E-state index contributed by atoms with van der Waals surface area (Å²) in [5, 5.41) is 3.42. The molecule has 0 aliphatic rings. The Bertz CT molecular complexity index is 835. The number of hydrogen-bond acceptors (Lipinski definition) is 5. The number of halogens is 2. The first-order valence-electron chi connectivity index (χ1n) is 8.24. The number of pyridine rings is 2. The van der Waals surface area contributed by atoms with E-state index in [-0.39, 0.29) is 12.4 Å². The zero-order valence-electron chi connectivity index (χ0n) is 14.9. The van der Waals surface area contributed by atoms with Crippen LogP contribution in [0.1, 0.15) is 16.7 Å². The molecule has 0 atom stereocenters. The molecule has 0 saturated heterocycles. The molecule has 0 bridgehead atoms. The van der Waals surface area contributed by atoms with Gasteiger partial charge in [0.05, 0.1) is 11.6 Å². The molecule has 1 N–H and O–H groups in total. The fourth-order valence-corrected chi connectivity index (χ4v) is 3.11. The first kappa shape index (κ1) is 21.2. The van der Waals surface area contributed by atoms with Crippen LogP contribution in [0, 0.1) is 0 Å². The van der Waals surface area contributed by atoms with Crippen LogP contribution in [-0.2, 0) is 19.7 Å². The fraction of sp³-hybridized carbons (Fsp3) is 0.200. The number of aromatic nitrogens is 2. The Hall–Kier alpha value is -2.15. The van der Waals surface area contributed by atoms with Gasteiger partial charge in [-0.25, -0.2) is 0 Å². The zero-order valence-corrected chi connectivity index (χ0v) is 17.3. The summed E-state index contributed by atoms with van der Waals surface area (Å²) in [5.41, 5.74) is 3.31. The Morgan fingerprint density at radius 3 is 2.44 bits per heavy atom. The molecule has 0 radical (unpaired) electrons. The summed E-state index contributed by atoms with van der Waals surface area (Å²) in [7, 11) is 1.65. The van der Waals surface area contributed by atoms with E-state index in [1.165, 1.54) is 5.56 Å². The van der Waals surface area contributed by atoms with Gasteiger partial charge in [-0.15, -0.1) is 12.4 Å². The lowest BCUT2D eigenvalue weighted by Crippen LogP contribution is -2.13. The van der Waals surface area contributed by atoms with Gasteiger partial charge >= 0.3 is 0 Å². The summed E-state index contributed by atoms with van der Waals surface area (Å²) in [6.07, 6.45) is 7.13. The molecular formula is C20H21BrClN3O2. The lowest BCUT2D eigenvalue weighted by molar-refractivity contribution is 0.282. The maximum atomic E-state index is 5.93. The molecule has 0 aliphatic heterocycles. The van der Waals surface area contributed by atoms with Crippen LogP contribution in [0.4, 0.5) is 0 Å². The first-order chi connectivity index (χ1) is 12.8. The molecule has 0 unspecified atom stereocenters. The van der Waals surface area contributed by atoms with Gasteiger partial charge in [-0.1, -0.05) is 6.07 Å². The van der Waals surface area contributed by atoms with Crippen LogP contribution in [-0.4, -0.2) is 17.1 Å². The van der Waals surface area contributed by atoms with E-state index in [9.17, 15) is 0 Å². The molecule has 27 heavy (non-hydrogen) atoms. The predicted octanol–water partition coefficient (Wildman–Crippen LogP) is 4.54. The van der Waals surface area contributed by atoms with Crippen molar-refractivity contribution in [3.05, 3.63) is 82.3 Å². The Kier molecular flexibility index (Phi) is 8.51. The standard InChI is InChI=1S/C20H20BrN3O2.ClH/c1-25-19-10-17(13-24-11-15-4-7-22-8-5-15)9-18(21)20(19)26-14-16-3-2-6-23-12-16;/h2-10,12,24H,11,13-14H2,1H3;1H. The molecule has 0 aliphatic carbocycles. The van der Waals surface area contributed by atoms with Gasteiger partial charge in [0.2, 0.25) is 0 Å². The van der Waals surface area contributed by atoms with E-state index in [0.717, 1.165) is 28.7 Å². The first-order valence-corrected chi connectivity index (χ1v) is 9.03. The van der Waals surface area contributed by atoms with Gasteiger partial charge in [0, 0.05) is 43.4 Å². The number of nitrogens with zero attached hydrogens (tertiary/aromatic N) is 2. The average molecular weight is 451 g/mol. The molecule has 0 fully saturated rings. The topological polar surface area (TPSA) is 56.3 Å². The van der Waals surface area contributed by atoms with E-state index in [0.29, 0.717) is 18.1 Å². The highest BCUT2D eigenvalue weighted by atomic mass is 79.9. The van der Waals surface area contributed by atoms with Gasteiger partial charge < -0.3 is 14.8 Å². The van der Waals surface area contributed by atoms with Crippen LogP contribution >= 0.6 is 28.3 Å². The highest BCUT2D eigenvalue weighted by Crippen LogP contribution is 2.37. The summed E-state index contributed by atoms with van der Waals surface area (Å²) >= 11 is 3.59. The predicted molar refractivity (Wildman–Crippen MR) is 111 cm³/mol. The monoisotopic (exact) mass is 449 g/mol. The summed E-state index contributed by atoms with van der Waals surface area (Å²) in [6, 6.07) is 11.9. The third-order valence-corrected chi connectivity index (χ3v) is 4.39. The van der Waals surface area contributed by atoms with E-state index >= 15 is 0 Å². The largest absolute Gasteiger partial charge is 0.493 e. The SMILES string of the molecule is COc1cc(CNCc2ccncc2)cc(Br)c1OCc1cccnc1.Cl. The molecule has 1 aromatic carbocycles. The van der Waals surface area contributed by atoms with Gasteiger partial charge in [-0.05, 0) is 57.4 Å². The molecule has 0 amide bonds. The minimum absolute atomic E-state index is 0. The zero-order chi connectivity index (χ0) is 18.2. The van der Waals surface area contributed by atoms with Crippen LogP contribution in [0.15, 0.2) is 65.7 Å². The second-order valence-corrected chi connectivity index (χ2v) is 6.57. The third kappa shape index (κ3) is 6.20. The minimum atomic E-state index is 0. The normalized spacial score (nSPS) is 10.1. The van der Waals surface area contributed by atoms with Crippen LogP contribution < -0.4 is 14.8 Å². The number of rotatable bonds is 8. The molecule has 2 heterocycles. The lowest BCUT2D eigenvalue weighted by Gasteiger charge is -2.15. The van der Waals surface area contributed by atoms with Crippen molar-refractivity contribution in [2.75, 3.05) is 7.11 Å². The van der Waals surface area contributed by atoms with Gasteiger partial charge in [0.25, 0.3) is 0 Å². The van der Waals surface area contributed by atoms with Crippen molar-refractivity contribution in [1.29, 1.82) is 0 Å². The van der Waals surface area contributed by atoms with Crippen LogP contribution in [0.3, 0.4) is 0 Å². The average Bonchev–Trinajstić information content (AvgIpc) is 2.68. The summed E-state index contributed by atoms with van der Waals surface area (Å²) in [5.74, 6) is 1.39. The van der Waals surface area contributed by atoms with Gasteiger partial charge in [-0.3, -0.25) is 9.97 Å². The van der Waals surface area contributed by atoms with E-state index in [1.807, 2.05) is 36.4 Å². The summed E-state index contributed by atoms with van der Waals surface area (Å²) < 4.78 is 12.3. The molecule has 0 saturated carbocycles. The van der Waals surface area contributed by atoms with Gasteiger partial charge in [0.15, 0.2) is 11.5 Å². The molecule has 142 valence electrons. The van der Waals surface area contributed by atoms with E-state index in [1.54, 1.807) is 31.9 Å². The maximum absolute atomic E-state index is 5.93. The Labute approximate surface area is 173 Å². The van der Waals surface area contributed by atoms with E-state index in [4.69, 9.17) is 9.47 Å². The Morgan fingerprint density at radius 2 is 1.74 bits per heavy atom. The number of hydrogen-bond donors (Lipinski definition) is 1. The van der Waals surface area contributed by atoms with Crippen molar-refractivity contribution in [1.82, 2.24) is 15.3 Å². The molecule has 3 aromatic rings. The summed E-state index contributed by atoms with van der Waals surface area (Å²) in [6.45, 7) is 1.93. The smallest absolute Gasteiger partial charge is 0.175 e. The second kappa shape index (κ2) is 10.9. The van der Waals surface area contributed by atoms with Crippen LogP contribution in [0.5, 0.6) is 11.5 Å². The van der Waals surface area contributed by atoms with Crippen LogP contribution in [0.25, 0.3) is 0 Å². The van der Waals surface area contributed by atoms with Crippen molar-refractivity contribution in [3.63, 3.8) is 0 Å².